The number of nitrogens with zero attached hydrogens (tertiary/aromatic N) is 1. The second kappa shape index (κ2) is 4.21. The lowest BCUT2D eigenvalue weighted by molar-refractivity contribution is -0.114. The van der Waals surface area contributed by atoms with Crippen molar-refractivity contribution >= 4 is 23.4 Å². The number of anilines is 1. The maximum absolute atomic E-state index is 11.3. The Morgan fingerprint density at radius 2 is 2.17 bits per heavy atom. The van der Waals surface area contributed by atoms with Gasteiger partial charge in [-0.3, -0.25) is 4.79 Å². The molecule has 2 atom stereocenters. The van der Waals surface area contributed by atoms with Crippen LogP contribution in [-0.2, 0) is 4.79 Å². The van der Waals surface area contributed by atoms with E-state index >= 15 is 0 Å². The van der Waals surface area contributed by atoms with E-state index in [1.807, 2.05) is 30.0 Å². The first kappa shape index (κ1) is 11.4. The van der Waals surface area contributed by atoms with Crippen molar-refractivity contribution in [3.8, 4) is 0 Å². The highest BCUT2D eigenvalue weighted by Crippen LogP contribution is 2.43. The van der Waals surface area contributed by atoms with E-state index in [4.69, 9.17) is 5.73 Å². The summed E-state index contributed by atoms with van der Waals surface area (Å²) in [6.07, 6.45) is 5.87. The maximum atomic E-state index is 11.3. The van der Waals surface area contributed by atoms with Crippen LogP contribution >= 0.6 is 11.8 Å². The molecular formula is C14H14N2OS. The first-order valence-corrected chi connectivity index (χ1v) is 6.73. The molecular weight excluding hydrogens is 244 g/mol. The number of hydrogen-bond acceptors (Lipinski definition) is 3. The molecule has 0 radical (unpaired) electrons. The fourth-order valence-electron chi connectivity index (χ4n) is 2.41. The number of carbonyl (C=O) groups is 1. The third-order valence-electron chi connectivity index (χ3n) is 3.39. The van der Waals surface area contributed by atoms with Gasteiger partial charge in [0, 0.05) is 17.5 Å². The van der Waals surface area contributed by atoms with Crippen LogP contribution in [0.1, 0.15) is 0 Å². The van der Waals surface area contributed by atoms with Crippen LogP contribution in [0, 0.1) is 0 Å². The van der Waals surface area contributed by atoms with E-state index < -0.39 is 0 Å². The molecule has 2 unspecified atom stereocenters. The normalized spacial score (nSPS) is 25.2. The van der Waals surface area contributed by atoms with E-state index in [1.165, 1.54) is 10.6 Å². The van der Waals surface area contributed by atoms with Crippen LogP contribution in [0.3, 0.4) is 0 Å². The van der Waals surface area contributed by atoms with Crippen molar-refractivity contribution in [2.75, 3.05) is 11.9 Å². The van der Waals surface area contributed by atoms with Crippen molar-refractivity contribution in [3.05, 3.63) is 48.1 Å². The molecule has 2 N–H and O–H groups in total. The molecule has 1 heterocycles. The second-order valence-electron chi connectivity index (χ2n) is 4.50. The Bertz CT molecular complexity index is 565. The average Bonchev–Trinajstić information content (AvgIpc) is 2.38. The van der Waals surface area contributed by atoms with Crippen molar-refractivity contribution < 1.29 is 4.79 Å². The Morgan fingerprint density at radius 3 is 2.94 bits per heavy atom. The van der Waals surface area contributed by atoms with Crippen molar-refractivity contribution in [2.45, 2.75) is 16.2 Å². The van der Waals surface area contributed by atoms with Gasteiger partial charge in [-0.1, -0.05) is 24.3 Å². The molecule has 2 aliphatic rings. The number of nitrogens with two attached hydrogens (primary N) is 1. The minimum absolute atomic E-state index is 0.192. The Hall–Kier alpha value is -1.68. The van der Waals surface area contributed by atoms with Gasteiger partial charge in [0.05, 0.1) is 17.0 Å². The topological polar surface area (TPSA) is 46.3 Å². The number of likely N-dealkylation sites (N-methyl/N-ethyl adjacent to an activating group) is 1. The lowest BCUT2D eigenvalue weighted by Gasteiger charge is -2.40. The molecule has 0 bridgehead atoms. The highest BCUT2D eigenvalue weighted by Gasteiger charge is 2.32. The van der Waals surface area contributed by atoms with Crippen LogP contribution in [-0.4, -0.2) is 24.2 Å². The summed E-state index contributed by atoms with van der Waals surface area (Å²) in [6.45, 7) is 0. The predicted molar refractivity (Wildman–Crippen MR) is 74.7 cm³/mol. The lowest BCUT2D eigenvalue weighted by Crippen LogP contribution is -2.42. The van der Waals surface area contributed by atoms with Gasteiger partial charge in [-0.05, 0) is 18.2 Å². The van der Waals surface area contributed by atoms with Crippen molar-refractivity contribution in [3.63, 3.8) is 0 Å². The Balaban J connectivity index is 2.02. The molecule has 0 saturated heterocycles. The number of fused-ring (bicyclic) bond motifs is 2. The van der Waals surface area contributed by atoms with Gasteiger partial charge >= 0.3 is 0 Å². The van der Waals surface area contributed by atoms with E-state index in [0.29, 0.717) is 10.8 Å². The summed E-state index contributed by atoms with van der Waals surface area (Å²) in [7, 11) is 2.06. The van der Waals surface area contributed by atoms with Gasteiger partial charge in [0.2, 0.25) is 5.91 Å². The smallest absolute Gasteiger partial charge is 0.248 e. The monoisotopic (exact) mass is 258 g/mol. The van der Waals surface area contributed by atoms with Gasteiger partial charge in [0.1, 0.15) is 0 Å². The van der Waals surface area contributed by atoms with E-state index in [1.54, 1.807) is 0 Å². The number of primary amides is 1. The average molecular weight is 258 g/mol. The number of rotatable bonds is 1. The van der Waals surface area contributed by atoms with E-state index in [2.05, 4.69) is 36.2 Å². The Kier molecular flexibility index (Phi) is 2.67. The SMILES string of the molecule is CN1c2ccccc2SC2C=CC(C(N)=O)=CC21. The standard InChI is InChI=1S/C14H14N2OS/c1-16-10-4-2-3-5-12(10)18-13-7-6-9(14(15)17)8-11(13)16/h2-8,11,13H,1H3,(H2,15,17). The van der Waals surface area contributed by atoms with Crippen molar-refractivity contribution in [1.82, 2.24) is 0 Å². The zero-order valence-electron chi connectivity index (χ0n) is 10.0. The molecule has 0 aromatic heterocycles. The fraction of sp³-hybridized carbons (Fsp3) is 0.214. The summed E-state index contributed by atoms with van der Waals surface area (Å²) < 4.78 is 0. The third kappa shape index (κ3) is 1.73. The van der Waals surface area contributed by atoms with E-state index in [0.717, 1.165) is 0 Å². The molecule has 3 nitrogen and oxygen atoms in total. The molecule has 92 valence electrons. The van der Waals surface area contributed by atoms with Crippen LogP contribution in [0.5, 0.6) is 0 Å². The fourth-order valence-corrected chi connectivity index (χ4v) is 3.75. The van der Waals surface area contributed by atoms with Crippen molar-refractivity contribution in [1.29, 1.82) is 0 Å². The summed E-state index contributed by atoms with van der Waals surface area (Å²) in [5.41, 5.74) is 7.15. The van der Waals surface area contributed by atoms with Crippen molar-refractivity contribution in [2.24, 2.45) is 5.73 Å². The summed E-state index contributed by atoms with van der Waals surface area (Å²) in [5, 5.41) is 0.341. The zero-order valence-corrected chi connectivity index (χ0v) is 10.9. The van der Waals surface area contributed by atoms with Crippen LogP contribution in [0.15, 0.2) is 53.0 Å². The molecule has 1 aromatic rings. The van der Waals surface area contributed by atoms with Crippen LogP contribution in [0.25, 0.3) is 0 Å². The largest absolute Gasteiger partial charge is 0.366 e. The number of carbonyl (C=O) groups excluding carboxylic acids is 1. The minimum Gasteiger partial charge on any atom is -0.366 e. The third-order valence-corrected chi connectivity index (χ3v) is 4.70. The molecule has 0 spiro atoms. The van der Waals surface area contributed by atoms with Gasteiger partial charge in [-0.2, -0.15) is 0 Å². The summed E-state index contributed by atoms with van der Waals surface area (Å²) in [6, 6.07) is 8.52. The number of para-hydroxylation sites is 1. The molecule has 1 aromatic carbocycles. The molecule has 4 heteroatoms. The first-order valence-electron chi connectivity index (χ1n) is 5.85. The van der Waals surface area contributed by atoms with Gasteiger partial charge in [0.15, 0.2) is 0 Å². The summed E-state index contributed by atoms with van der Waals surface area (Å²) >= 11 is 1.83. The van der Waals surface area contributed by atoms with E-state index in [9.17, 15) is 4.79 Å². The number of benzene rings is 1. The van der Waals surface area contributed by atoms with Gasteiger partial charge in [-0.15, -0.1) is 11.8 Å². The Morgan fingerprint density at radius 1 is 1.39 bits per heavy atom. The Labute approximate surface area is 110 Å². The lowest BCUT2D eigenvalue weighted by atomic mass is 10.00. The number of amides is 1. The maximum Gasteiger partial charge on any atom is 0.248 e. The molecule has 3 rings (SSSR count). The van der Waals surface area contributed by atoms with Crippen LogP contribution < -0.4 is 10.6 Å². The van der Waals surface area contributed by atoms with Gasteiger partial charge in [-0.25, -0.2) is 0 Å². The highest BCUT2D eigenvalue weighted by atomic mass is 32.2. The van der Waals surface area contributed by atoms with Crippen LogP contribution in [0.2, 0.25) is 0 Å². The minimum atomic E-state index is -0.359. The van der Waals surface area contributed by atoms with Gasteiger partial charge in [0.25, 0.3) is 0 Å². The van der Waals surface area contributed by atoms with Gasteiger partial charge < -0.3 is 10.6 Å². The number of thioether (sulfide) groups is 1. The highest BCUT2D eigenvalue weighted by molar-refractivity contribution is 8.00. The quantitative estimate of drug-likeness (QED) is 0.837. The number of hydrogen-bond donors (Lipinski definition) is 1. The molecule has 1 amide bonds. The zero-order chi connectivity index (χ0) is 12.7. The van der Waals surface area contributed by atoms with E-state index in [-0.39, 0.29) is 11.9 Å². The molecule has 18 heavy (non-hydrogen) atoms. The summed E-state index contributed by atoms with van der Waals surface area (Å²) in [4.78, 5) is 14.7. The summed E-state index contributed by atoms with van der Waals surface area (Å²) in [5.74, 6) is -0.359. The first-order chi connectivity index (χ1) is 8.66. The van der Waals surface area contributed by atoms with Crippen LogP contribution in [0.4, 0.5) is 5.69 Å². The second-order valence-corrected chi connectivity index (χ2v) is 5.72. The molecule has 0 fully saturated rings. The molecule has 1 aliphatic heterocycles. The molecule has 1 aliphatic carbocycles. The molecule has 0 saturated carbocycles. The predicted octanol–water partition coefficient (Wildman–Crippen LogP) is 1.95.